The summed E-state index contributed by atoms with van der Waals surface area (Å²) in [6.45, 7) is 1.76. The van der Waals surface area contributed by atoms with Gasteiger partial charge in [-0.25, -0.2) is 4.98 Å². The summed E-state index contributed by atoms with van der Waals surface area (Å²) in [6, 6.07) is 12.2. The number of halogens is 3. The number of carbonyl (C=O) groups is 1. The van der Waals surface area contributed by atoms with Gasteiger partial charge in [0.25, 0.3) is 0 Å². The third-order valence-electron chi connectivity index (χ3n) is 5.17. The normalized spacial score (nSPS) is 15.5. The molecule has 1 aromatic heterocycles. The van der Waals surface area contributed by atoms with Crippen molar-refractivity contribution in [2.75, 3.05) is 0 Å². The van der Waals surface area contributed by atoms with Gasteiger partial charge in [0.05, 0.1) is 34.5 Å². The fraction of sp³-hybridized carbons (Fsp3) is 0.261. The fourth-order valence-corrected chi connectivity index (χ4v) is 3.47. The zero-order chi connectivity index (χ0) is 21.3. The lowest BCUT2D eigenvalue weighted by atomic mass is 10.0. The molecule has 7 heteroatoms. The molecule has 1 aliphatic carbocycles. The summed E-state index contributed by atoms with van der Waals surface area (Å²) >= 11 is 0. The first-order valence-corrected chi connectivity index (χ1v) is 9.72. The lowest BCUT2D eigenvalue weighted by molar-refractivity contribution is -0.137. The monoisotopic (exact) mass is 411 g/mol. The van der Waals surface area contributed by atoms with Gasteiger partial charge in [0.2, 0.25) is 5.91 Å². The van der Waals surface area contributed by atoms with E-state index < -0.39 is 17.8 Å². The van der Waals surface area contributed by atoms with Crippen LogP contribution in [0.5, 0.6) is 0 Å². The van der Waals surface area contributed by atoms with Crippen LogP contribution in [-0.2, 0) is 11.0 Å². The van der Waals surface area contributed by atoms with Gasteiger partial charge in [-0.3, -0.25) is 9.78 Å². The average molecular weight is 411 g/mol. The van der Waals surface area contributed by atoms with Gasteiger partial charge in [0, 0.05) is 12.1 Å². The zero-order valence-electron chi connectivity index (χ0n) is 16.3. The standard InChI is InChI=1S/C23H20F3N3O/c1-15(16-5-4-6-17(13-16)23(24,25)26)29(19-10-11-19)22(30)12-9-18-14-27-20-7-2-3-8-21(20)28-18/h2-9,12-15,19H,10-11H2,1H3/b12-9+. The Hall–Kier alpha value is -3.22. The molecule has 30 heavy (non-hydrogen) atoms. The Morgan fingerprint density at radius 2 is 1.87 bits per heavy atom. The number of amides is 1. The summed E-state index contributed by atoms with van der Waals surface area (Å²) in [5.41, 5.74) is 1.78. The Bertz CT molecular complexity index is 1110. The Morgan fingerprint density at radius 1 is 1.13 bits per heavy atom. The van der Waals surface area contributed by atoms with Gasteiger partial charge < -0.3 is 4.90 Å². The van der Waals surface area contributed by atoms with Crippen molar-refractivity contribution in [3.63, 3.8) is 0 Å². The molecule has 0 spiro atoms. The van der Waals surface area contributed by atoms with E-state index in [0.29, 0.717) is 11.3 Å². The number of fused-ring (bicyclic) bond motifs is 1. The largest absolute Gasteiger partial charge is 0.416 e. The number of nitrogens with zero attached hydrogens (tertiary/aromatic N) is 3. The van der Waals surface area contributed by atoms with E-state index in [-0.39, 0.29) is 11.9 Å². The molecule has 154 valence electrons. The van der Waals surface area contributed by atoms with Crippen LogP contribution in [0.2, 0.25) is 0 Å². The second-order valence-corrected chi connectivity index (χ2v) is 7.39. The topological polar surface area (TPSA) is 46.1 Å². The van der Waals surface area contributed by atoms with Gasteiger partial charge in [-0.1, -0.05) is 24.3 Å². The quantitative estimate of drug-likeness (QED) is 0.527. The maximum Gasteiger partial charge on any atom is 0.416 e. The van der Waals surface area contributed by atoms with Gasteiger partial charge in [0.15, 0.2) is 0 Å². The van der Waals surface area contributed by atoms with Crippen molar-refractivity contribution < 1.29 is 18.0 Å². The van der Waals surface area contributed by atoms with E-state index in [0.717, 1.165) is 36.0 Å². The van der Waals surface area contributed by atoms with E-state index in [1.165, 1.54) is 12.1 Å². The van der Waals surface area contributed by atoms with Crippen LogP contribution in [0.1, 0.15) is 42.6 Å². The van der Waals surface area contributed by atoms with Crippen LogP contribution in [0.3, 0.4) is 0 Å². The van der Waals surface area contributed by atoms with Crippen molar-refractivity contribution in [2.45, 2.75) is 38.0 Å². The molecule has 2 aromatic carbocycles. The van der Waals surface area contributed by atoms with Crippen molar-refractivity contribution in [1.82, 2.24) is 14.9 Å². The minimum absolute atomic E-state index is 0.0365. The van der Waals surface area contributed by atoms with E-state index in [2.05, 4.69) is 9.97 Å². The average Bonchev–Trinajstić information content (AvgIpc) is 3.56. The predicted molar refractivity (Wildman–Crippen MR) is 108 cm³/mol. The van der Waals surface area contributed by atoms with Crippen LogP contribution < -0.4 is 0 Å². The van der Waals surface area contributed by atoms with E-state index in [1.807, 2.05) is 24.3 Å². The van der Waals surface area contributed by atoms with E-state index in [4.69, 9.17) is 0 Å². The van der Waals surface area contributed by atoms with Crippen LogP contribution in [-0.4, -0.2) is 26.8 Å². The van der Waals surface area contributed by atoms with Gasteiger partial charge in [-0.05, 0) is 55.7 Å². The highest BCUT2D eigenvalue weighted by atomic mass is 19.4. The first-order valence-electron chi connectivity index (χ1n) is 9.72. The SMILES string of the molecule is CC(c1cccc(C(F)(F)F)c1)N(C(=O)/C=C/c1cnc2ccccc2n1)C1CC1. The number of benzene rings is 2. The Morgan fingerprint density at radius 3 is 2.57 bits per heavy atom. The zero-order valence-corrected chi connectivity index (χ0v) is 16.3. The molecular formula is C23H20F3N3O. The molecule has 0 aliphatic heterocycles. The third kappa shape index (κ3) is 4.35. The van der Waals surface area contributed by atoms with Crippen molar-refractivity contribution in [3.05, 3.63) is 77.6 Å². The van der Waals surface area contributed by atoms with Crippen LogP contribution >= 0.6 is 0 Å². The molecule has 4 nitrogen and oxygen atoms in total. The number of rotatable bonds is 5. The molecule has 0 radical (unpaired) electrons. The summed E-state index contributed by atoms with van der Waals surface area (Å²) in [4.78, 5) is 23.4. The molecule has 3 aromatic rings. The molecule has 1 heterocycles. The van der Waals surface area contributed by atoms with Gasteiger partial charge >= 0.3 is 6.18 Å². The van der Waals surface area contributed by atoms with Crippen molar-refractivity contribution >= 4 is 23.0 Å². The molecule has 0 N–H and O–H groups in total. The summed E-state index contributed by atoms with van der Waals surface area (Å²) in [5, 5.41) is 0. The van der Waals surface area contributed by atoms with Gasteiger partial charge in [-0.2, -0.15) is 13.2 Å². The molecule has 1 fully saturated rings. The maximum atomic E-state index is 13.1. The number of para-hydroxylation sites is 2. The van der Waals surface area contributed by atoms with Crippen molar-refractivity contribution in [3.8, 4) is 0 Å². The Balaban J connectivity index is 1.56. The number of alkyl halides is 3. The summed E-state index contributed by atoms with van der Waals surface area (Å²) < 4.78 is 39.2. The first-order chi connectivity index (χ1) is 14.3. The molecule has 0 saturated heterocycles. The van der Waals surface area contributed by atoms with Crippen LogP contribution in [0.4, 0.5) is 13.2 Å². The molecule has 0 bridgehead atoms. The lowest BCUT2D eigenvalue weighted by Crippen LogP contribution is -2.34. The van der Waals surface area contributed by atoms with E-state index in [9.17, 15) is 18.0 Å². The highest BCUT2D eigenvalue weighted by Gasteiger charge is 2.36. The second kappa shape index (κ2) is 7.89. The fourth-order valence-electron chi connectivity index (χ4n) is 3.47. The summed E-state index contributed by atoms with van der Waals surface area (Å²) in [7, 11) is 0. The summed E-state index contributed by atoms with van der Waals surface area (Å²) in [5.74, 6) is -0.252. The van der Waals surface area contributed by atoms with Gasteiger partial charge in [-0.15, -0.1) is 0 Å². The van der Waals surface area contributed by atoms with Gasteiger partial charge in [0.1, 0.15) is 0 Å². The Labute approximate surface area is 172 Å². The number of hydrogen-bond donors (Lipinski definition) is 0. The molecule has 1 unspecified atom stereocenters. The number of aromatic nitrogens is 2. The second-order valence-electron chi connectivity index (χ2n) is 7.39. The van der Waals surface area contributed by atoms with E-state index >= 15 is 0 Å². The number of hydrogen-bond acceptors (Lipinski definition) is 3. The van der Waals surface area contributed by atoms with Crippen molar-refractivity contribution in [1.29, 1.82) is 0 Å². The van der Waals surface area contributed by atoms with E-state index in [1.54, 1.807) is 30.2 Å². The first kappa shape index (κ1) is 20.1. The minimum Gasteiger partial charge on any atom is -0.329 e. The molecule has 1 saturated carbocycles. The van der Waals surface area contributed by atoms with Crippen molar-refractivity contribution in [2.24, 2.45) is 0 Å². The smallest absolute Gasteiger partial charge is 0.329 e. The minimum atomic E-state index is -4.42. The molecule has 4 rings (SSSR count). The highest BCUT2D eigenvalue weighted by Crippen LogP contribution is 2.36. The predicted octanol–water partition coefficient (Wildman–Crippen LogP) is 5.41. The highest BCUT2D eigenvalue weighted by molar-refractivity contribution is 5.92. The number of carbonyl (C=O) groups excluding carboxylic acids is 1. The maximum absolute atomic E-state index is 13.1. The molecular weight excluding hydrogens is 391 g/mol. The van der Waals surface area contributed by atoms with Crippen LogP contribution in [0.15, 0.2) is 60.8 Å². The van der Waals surface area contributed by atoms with Crippen LogP contribution in [0.25, 0.3) is 17.1 Å². The molecule has 1 aliphatic rings. The molecule has 1 atom stereocenters. The van der Waals surface area contributed by atoms with Crippen LogP contribution in [0, 0.1) is 0 Å². The third-order valence-corrected chi connectivity index (χ3v) is 5.17. The Kier molecular flexibility index (Phi) is 5.28. The summed E-state index contributed by atoms with van der Waals surface area (Å²) in [6.07, 6.45) is 1.87. The molecule has 1 amide bonds. The lowest BCUT2D eigenvalue weighted by Gasteiger charge is -2.29.